The molecule has 0 spiro atoms. The Morgan fingerprint density at radius 2 is 1.80 bits per heavy atom. The van der Waals surface area contributed by atoms with Gasteiger partial charge in [-0.25, -0.2) is 0 Å². The van der Waals surface area contributed by atoms with Gasteiger partial charge in [0.25, 0.3) is 0 Å². The largest absolute Gasteiger partial charge is 0.508 e. The zero-order chi connectivity index (χ0) is 13.7. The number of hydrogen-bond acceptors (Lipinski definition) is 5. The van der Waals surface area contributed by atoms with Gasteiger partial charge in [-0.2, -0.15) is 0 Å². The third-order valence-electron chi connectivity index (χ3n) is 3.44. The standard InChI is InChI=1S/C15H11NO4/c17-9-2-3-10-13(6-9)19-14-7-12-8(5-11(14)16-10)1-4-15(18)20-12/h2-3,5-7,16-17H,1,4H2. The molecule has 5 nitrogen and oxygen atoms in total. The maximum Gasteiger partial charge on any atom is 0.311 e. The average molecular weight is 269 g/mol. The van der Waals surface area contributed by atoms with Gasteiger partial charge in [0.15, 0.2) is 11.5 Å². The SMILES string of the molecule is O=C1CCc2cc3c(cc2O1)Oc1cc(O)ccc1N3. The summed E-state index contributed by atoms with van der Waals surface area (Å²) < 4.78 is 11.0. The van der Waals surface area contributed by atoms with Crippen molar-refractivity contribution in [2.24, 2.45) is 0 Å². The lowest BCUT2D eigenvalue weighted by molar-refractivity contribution is -0.135. The summed E-state index contributed by atoms with van der Waals surface area (Å²) in [6.45, 7) is 0. The van der Waals surface area contributed by atoms with E-state index >= 15 is 0 Å². The summed E-state index contributed by atoms with van der Waals surface area (Å²) in [6.07, 6.45) is 1.07. The molecule has 20 heavy (non-hydrogen) atoms. The molecule has 0 fully saturated rings. The van der Waals surface area contributed by atoms with Crippen LogP contribution < -0.4 is 14.8 Å². The van der Waals surface area contributed by atoms with Crippen molar-refractivity contribution in [3.63, 3.8) is 0 Å². The van der Waals surface area contributed by atoms with Crippen molar-refractivity contribution < 1.29 is 19.4 Å². The Hall–Kier alpha value is -2.69. The second-order valence-electron chi connectivity index (χ2n) is 4.84. The smallest absolute Gasteiger partial charge is 0.311 e. The number of benzene rings is 2. The topological polar surface area (TPSA) is 67.8 Å². The summed E-state index contributed by atoms with van der Waals surface area (Å²) in [4.78, 5) is 11.3. The van der Waals surface area contributed by atoms with Crippen LogP contribution in [0.4, 0.5) is 11.4 Å². The summed E-state index contributed by atoms with van der Waals surface area (Å²) in [5.74, 6) is 1.58. The number of esters is 1. The molecule has 0 atom stereocenters. The van der Waals surface area contributed by atoms with Crippen LogP contribution in [-0.4, -0.2) is 11.1 Å². The van der Waals surface area contributed by atoms with Crippen LogP contribution in [0.5, 0.6) is 23.0 Å². The summed E-state index contributed by atoms with van der Waals surface area (Å²) in [7, 11) is 0. The molecular weight excluding hydrogens is 258 g/mol. The lowest BCUT2D eigenvalue weighted by Gasteiger charge is -2.25. The first-order chi connectivity index (χ1) is 9.69. The number of carbonyl (C=O) groups is 1. The minimum atomic E-state index is -0.223. The van der Waals surface area contributed by atoms with Crippen molar-refractivity contribution in [2.45, 2.75) is 12.8 Å². The molecule has 2 aromatic carbocycles. The van der Waals surface area contributed by atoms with Crippen molar-refractivity contribution in [1.82, 2.24) is 0 Å². The number of hydrogen-bond donors (Lipinski definition) is 2. The van der Waals surface area contributed by atoms with Crippen LogP contribution in [0.2, 0.25) is 0 Å². The molecule has 0 unspecified atom stereocenters. The molecule has 2 aliphatic rings. The summed E-state index contributed by atoms with van der Waals surface area (Å²) in [5, 5.41) is 12.7. The van der Waals surface area contributed by atoms with Crippen LogP contribution in [0, 0.1) is 0 Å². The van der Waals surface area contributed by atoms with Crippen molar-refractivity contribution >= 4 is 17.3 Å². The highest BCUT2D eigenvalue weighted by Gasteiger charge is 2.23. The minimum absolute atomic E-state index is 0.137. The molecule has 0 saturated carbocycles. The van der Waals surface area contributed by atoms with Gasteiger partial charge in [-0.05, 0) is 30.2 Å². The van der Waals surface area contributed by atoms with Gasteiger partial charge in [-0.3, -0.25) is 4.79 Å². The Labute approximate surface area is 114 Å². The molecule has 4 rings (SSSR count). The molecule has 0 amide bonds. The van der Waals surface area contributed by atoms with E-state index in [4.69, 9.17) is 9.47 Å². The lowest BCUT2D eigenvalue weighted by atomic mass is 10.0. The molecule has 0 bridgehead atoms. The lowest BCUT2D eigenvalue weighted by Crippen LogP contribution is -2.16. The molecule has 2 N–H and O–H groups in total. The van der Waals surface area contributed by atoms with Crippen molar-refractivity contribution in [3.05, 3.63) is 35.9 Å². The summed E-state index contributed by atoms with van der Waals surface area (Å²) in [5.41, 5.74) is 2.62. The Morgan fingerprint density at radius 3 is 2.70 bits per heavy atom. The van der Waals surface area contributed by atoms with Crippen molar-refractivity contribution in [3.8, 4) is 23.0 Å². The Balaban J connectivity index is 1.79. The third kappa shape index (κ3) is 1.67. The van der Waals surface area contributed by atoms with Gasteiger partial charge < -0.3 is 19.9 Å². The predicted molar refractivity (Wildman–Crippen MR) is 71.9 cm³/mol. The number of anilines is 2. The first kappa shape index (κ1) is 11.2. The number of fused-ring (bicyclic) bond motifs is 3. The molecule has 0 aromatic heterocycles. The highest BCUT2D eigenvalue weighted by molar-refractivity contribution is 5.81. The Morgan fingerprint density at radius 1 is 0.950 bits per heavy atom. The number of phenols is 1. The van der Waals surface area contributed by atoms with Gasteiger partial charge in [0, 0.05) is 12.1 Å². The second kappa shape index (κ2) is 3.90. The van der Waals surface area contributed by atoms with E-state index < -0.39 is 0 Å². The zero-order valence-electron chi connectivity index (χ0n) is 10.5. The van der Waals surface area contributed by atoms with E-state index in [0.29, 0.717) is 30.1 Å². The Bertz CT molecular complexity index is 739. The number of nitrogens with one attached hydrogen (secondary N) is 1. The number of rotatable bonds is 0. The quantitative estimate of drug-likeness (QED) is 0.373. The molecule has 100 valence electrons. The highest BCUT2D eigenvalue weighted by atomic mass is 16.5. The van der Waals surface area contributed by atoms with Crippen LogP contribution in [0.3, 0.4) is 0 Å². The maximum absolute atomic E-state index is 11.3. The van der Waals surface area contributed by atoms with Gasteiger partial charge in [0.1, 0.15) is 11.5 Å². The molecular formula is C15H11NO4. The normalized spacial score (nSPS) is 15.1. The molecule has 0 aliphatic carbocycles. The fourth-order valence-electron chi connectivity index (χ4n) is 2.45. The molecule has 2 aromatic rings. The van der Waals surface area contributed by atoms with E-state index in [1.165, 1.54) is 6.07 Å². The summed E-state index contributed by atoms with van der Waals surface area (Å²) in [6, 6.07) is 8.54. The predicted octanol–water partition coefficient (Wildman–Crippen LogP) is 3.09. The van der Waals surface area contributed by atoms with Gasteiger partial charge >= 0.3 is 5.97 Å². The zero-order valence-corrected chi connectivity index (χ0v) is 10.5. The molecule has 2 heterocycles. The molecule has 0 saturated heterocycles. The number of aromatic hydroxyl groups is 1. The van der Waals surface area contributed by atoms with E-state index in [2.05, 4.69) is 5.32 Å². The average Bonchev–Trinajstić information content (AvgIpc) is 2.43. The molecule has 5 heteroatoms. The highest BCUT2D eigenvalue weighted by Crippen LogP contribution is 2.46. The van der Waals surface area contributed by atoms with E-state index in [1.807, 2.05) is 6.07 Å². The fourth-order valence-corrected chi connectivity index (χ4v) is 2.45. The van der Waals surface area contributed by atoms with Crippen LogP contribution in [0.15, 0.2) is 30.3 Å². The van der Waals surface area contributed by atoms with Gasteiger partial charge in [0.2, 0.25) is 0 Å². The van der Waals surface area contributed by atoms with E-state index in [9.17, 15) is 9.90 Å². The number of carbonyl (C=O) groups excluding carboxylic acids is 1. The minimum Gasteiger partial charge on any atom is -0.508 e. The third-order valence-corrected chi connectivity index (χ3v) is 3.44. The van der Waals surface area contributed by atoms with Crippen LogP contribution in [-0.2, 0) is 11.2 Å². The number of phenolic OH excluding ortho intramolecular Hbond substituents is 1. The first-order valence-electron chi connectivity index (χ1n) is 6.34. The monoisotopic (exact) mass is 269 g/mol. The van der Waals surface area contributed by atoms with E-state index in [0.717, 1.165) is 16.9 Å². The van der Waals surface area contributed by atoms with E-state index in [-0.39, 0.29) is 11.7 Å². The van der Waals surface area contributed by atoms with Crippen molar-refractivity contribution in [1.29, 1.82) is 0 Å². The first-order valence-corrected chi connectivity index (χ1v) is 6.34. The van der Waals surface area contributed by atoms with Gasteiger partial charge in [-0.15, -0.1) is 0 Å². The second-order valence-corrected chi connectivity index (χ2v) is 4.84. The van der Waals surface area contributed by atoms with Gasteiger partial charge in [0.05, 0.1) is 17.8 Å². The van der Waals surface area contributed by atoms with Crippen LogP contribution in [0.1, 0.15) is 12.0 Å². The number of aryl methyl sites for hydroxylation is 1. The van der Waals surface area contributed by atoms with Crippen molar-refractivity contribution in [2.75, 3.05) is 5.32 Å². The fraction of sp³-hybridized carbons (Fsp3) is 0.133. The van der Waals surface area contributed by atoms with Crippen LogP contribution >= 0.6 is 0 Å². The maximum atomic E-state index is 11.3. The number of ether oxygens (including phenoxy) is 2. The van der Waals surface area contributed by atoms with E-state index in [1.54, 1.807) is 18.2 Å². The Kier molecular flexibility index (Phi) is 2.18. The van der Waals surface area contributed by atoms with Gasteiger partial charge in [-0.1, -0.05) is 0 Å². The molecule has 2 aliphatic heterocycles. The summed E-state index contributed by atoms with van der Waals surface area (Å²) >= 11 is 0. The van der Waals surface area contributed by atoms with Crippen LogP contribution in [0.25, 0.3) is 0 Å². The molecule has 0 radical (unpaired) electrons.